The van der Waals surface area contributed by atoms with E-state index in [0.29, 0.717) is 21.1 Å². The lowest BCUT2D eigenvalue weighted by Crippen LogP contribution is -1.78. The van der Waals surface area contributed by atoms with Crippen molar-refractivity contribution in [1.82, 2.24) is 10.2 Å². The SMILES string of the molecule is Oc1ccccc1-c1nnc(-c2ccccc2O)s1. The van der Waals surface area contributed by atoms with Crippen LogP contribution in [0.3, 0.4) is 0 Å². The van der Waals surface area contributed by atoms with Crippen molar-refractivity contribution in [3.05, 3.63) is 48.5 Å². The molecule has 0 unspecified atom stereocenters. The van der Waals surface area contributed by atoms with Crippen LogP contribution in [-0.2, 0) is 0 Å². The molecule has 0 saturated heterocycles. The lowest BCUT2D eigenvalue weighted by atomic mass is 10.2. The highest BCUT2D eigenvalue weighted by Gasteiger charge is 2.13. The minimum atomic E-state index is 0.169. The maximum absolute atomic E-state index is 9.79. The van der Waals surface area contributed by atoms with Crippen LogP contribution >= 0.6 is 11.3 Å². The second-order valence-electron chi connectivity index (χ2n) is 3.95. The Morgan fingerprint density at radius 1 is 0.684 bits per heavy atom. The van der Waals surface area contributed by atoms with Crippen LogP contribution in [0.15, 0.2) is 48.5 Å². The Morgan fingerprint density at radius 3 is 1.53 bits per heavy atom. The summed E-state index contributed by atoms with van der Waals surface area (Å²) in [6.45, 7) is 0. The molecule has 2 aromatic carbocycles. The molecule has 2 N–H and O–H groups in total. The average Bonchev–Trinajstić information content (AvgIpc) is 2.89. The van der Waals surface area contributed by atoms with E-state index in [1.807, 2.05) is 12.1 Å². The Kier molecular flexibility index (Phi) is 2.89. The van der Waals surface area contributed by atoms with Crippen LogP contribution in [0, 0.1) is 0 Å². The molecule has 0 spiro atoms. The van der Waals surface area contributed by atoms with Crippen molar-refractivity contribution in [1.29, 1.82) is 0 Å². The normalized spacial score (nSPS) is 10.5. The second-order valence-corrected chi connectivity index (χ2v) is 4.92. The molecular weight excluding hydrogens is 260 g/mol. The number of rotatable bonds is 2. The van der Waals surface area contributed by atoms with Gasteiger partial charge in [0.05, 0.1) is 11.1 Å². The first-order valence-corrected chi connectivity index (χ1v) is 6.47. The first kappa shape index (κ1) is 11.7. The summed E-state index contributed by atoms with van der Waals surface area (Å²) in [4.78, 5) is 0. The van der Waals surface area contributed by atoms with Gasteiger partial charge in [0.1, 0.15) is 11.5 Å². The van der Waals surface area contributed by atoms with Gasteiger partial charge in [-0.3, -0.25) is 0 Å². The van der Waals surface area contributed by atoms with Crippen LogP contribution in [0.5, 0.6) is 11.5 Å². The van der Waals surface area contributed by atoms with Crippen LogP contribution in [0.2, 0.25) is 0 Å². The number of nitrogens with zero attached hydrogens (tertiary/aromatic N) is 2. The molecule has 1 aromatic heterocycles. The molecule has 3 rings (SSSR count). The van der Waals surface area contributed by atoms with Gasteiger partial charge >= 0.3 is 0 Å². The summed E-state index contributed by atoms with van der Waals surface area (Å²) in [5.74, 6) is 0.338. The third kappa shape index (κ3) is 2.15. The minimum absolute atomic E-state index is 0.169. The Balaban J connectivity index is 2.06. The van der Waals surface area contributed by atoms with E-state index in [9.17, 15) is 10.2 Å². The average molecular weight is 270 g/mol. The molecule has 0 atom stereocenters. The Labute approximate surface area is 113 Å². The molecule has 0 aliphatic rings. The molecule has 5 heteroatoms. The van der Waals surface area contributed by atoms with Gasteiger partial charge < -0.3 is 10.2 Å². The number of para-hydroxylation sites is 2. The van der Waals surface area contributed by atoms with E-state index in [0.717, 1.165) is 0 Å². The third-order valence-electron chi connectivity index (χ3n) is 2.69. The third-order valence-corrected chi connectivity index (χ3v) is 3.68. The van der Waals surface area contributed by atoms with E-state index >= 15 is 0 Å². The minimum Gasteiger partial charge on any atom is -0.507 e. The molecular formula is C14H10N2O2S. The summed E-state index contributed by atoms with van der Waals surface area (Å²) in [6.07, 6.45) is 0. The molecule has 19 heavy (non-hydrogen) atoms. The van der Waals surface area contributed by atoms with Gasteiger partial charge in [-0.25, -0.2) is 0 Å². The van der Waals surface area contributed by atoms with Gasteiger partial charge in [0.2, 0.25) is 0 Å². The summed E-state index contributed by atoms with van der Waals surface area (Å²) in [5, 5.41) is 28.9. The highest BCUT2D eigenvalue weighted by atomic mass is 32.1. The van der Waals surface area contributed by atoms with Crippen LogP contribution in [0.1, 0.15) is 0 Å². The standard InChI is InChI=1S/C14H10N2O2S/c17-11-7-3-1-5-9(11)13-15-16-14(19-13)10-6-2-4-8-12(10)18/h1-8,17-18H. The molecule has 0 aliphatic heterocycles. The predicted molar refractivity (Wildman–Crippen MR) is 74.1 cm³/mol. The first-order valence-electron chi connectivity index (χ1n) is 5.66. The van der Waals surface area contributed by atoms with E-state index in [4.69, 9.17) is 0 Å². The summed E-state index contributed by atoms with van der Waals surface area (Å²) in [7, 11) is 0. The molecule has 1 heterocycles. The molecule has 3 aromatic rings. The van der Waals surface area contributed by atoms with Crippen LogP contribution in [-0.4, -0.2) is 20.4 Å². The van der Waals surface area contributed by atoms with Crippen molar-refractivity contribution in [3.8, 4) is 32.6 Å². The van der Waals surface area contributed by atoms with Gasteiger partial charge in [-0.05, 0) is 24.3 Å². The van der Waals surface area contributed by atoms with Crippen molar-refractivity contribution >= 4 is 11.3 Å². The largest absolute Gasteiger partial charge is 0.507 e. The molecule has 4 nitrogen and oxygen atoms in total. The highest BCUT2D eigenvalue weighted by Crippen LogP contribution is 2.36. The summed E-state index contributed by atoms with van der Waals surface area (Å²) >= 11 is 1.33. The van der Waals surface area contributed by atoms with Crippen LogP contribution < -0.4 is 0 Å². The van der Waals surface area contributed by atoms with Crippen LogP contribution in [0.4, 0.5) is 0 Å². The molecule has 0 amide bonds. The van der Waals surface area contributed by atoms with Gasteiger partial charge in [0.25, 0.3) is 0 Å². The number of aromatic hydroxyl groups is 2. The lowest BCUT2D eigenvalue weighted by molar-refractivity contribution is 0.476. The monoisotopic (exact) mass is 270 g/mol. The summed E-state index contributed by atoms with van der Waals surface area (Å²) in [6, 6.07) is 13.9. The maximum Gasteiger partial charge on any atom is 0.151 e. The summed E-state index contributed by atoms with van der Waals surface area (Å²) < 4.78 is 0. The zero-order valence-corrected chi connectivity index (χ0v) is 10.6. The number of benzene rings is 2. The van der Waals surface area contributed by atoms with Crippen molar-refractivity contribution in [2.24, 2.45) is 0 Å². The molecule has 0 fully saturated rings. The zero-order valence-electron chi connectivity index (χ0n) is 9.82. The van der Waals surface area contributed by atoms with E-state index in [1.165, 1.54) is 11.3 Å². The Hall–Kier alpha value is -2.40. The molecule has 0 bridgehead atoms. The van der Waals surface area contributed by atoms with Gasteiger partial charge in [0, 0.05) is 0 Å². The number of hydrogen-bond donors (Lipinski definition) is 2. The predicted octanol–water partition coefficient (Wildman–Crippen LogP) is 3.28. The van der Waals surface area contributed by atoms with Gasteiger partial charge in [-0.2, -0.15) is 0 Å². The lowest BCUT2D eigenvalue weighted by Gasteiger charge is -1.99. The first-order chi connectivity index (χ1) is 9.25. The van der Waals surface area contributed by atoms with Gasteiger partial charge in [-0.1, -0.05) is 35.6 Å². The quantitative estimate of drug-likeness (QED) is 0.750. The molecule has 0 saturated carbocycles. The van der Waals surface area contributed by atoms with Crippen molar-refractivity contribution in [2.45, 2.75) is 0 Å². The topological polar surface area (TPSA) is 66.2 Å². The number of aromatic nitrogens is 2. The highest BCUT2D eigenvalue weighted by molar-refractivity contribution is 7.18. The number of phenolic OH excluding ortho intramolecular Hbond substituents is 2. The fourth-order valence-electron chi connectivity index (χ4n) is 1.75. The fraction of sp³-hybridized carbons (Fsp3) is 0. The zero-order chi connectivity index (χ0) is 13.2. The molecule has 0 radical (unpaired) electrons. The van der Waals surface area contributed by atoms with E-state index in [1.54, 1.807) is 36.4 Å². The Morgan fingerprint density at radius 2 is 1.11 bits per heavy atom. The fourth-order valence-corrected chi connectivity index (χ4v) is 2.66. The second kappa shape index (κ2) is 4.70. The summed E-state index contributed by atoms with van der Waals surface area (Å²) in [5.41, 5.74) is 1.28. The van der Waals surface area contributed by atoms with Crippen molar-refractivity contribution in [3.63, 3.8) is 0 Å². The van der Waals surface area contributed by atoms with E-state index in [-0.39, 0.29) is 11.5 Å². The molecule has 94 valence electrons. The van der Waals surface area contributed by atoms with E-state index < -0.39 is 0 Å². The molecule has 0 aliphatic carbocycles. The maximum atomic E-state index is 9.79. The van der Waals surface area contributed by atoms with Crippen molar-refractivity contribution < 1.29 is 10.2 Å². The Bertz CT molecular complexity index is 665. The van der Waals surface area contributed by atoms with Gasteiger partial charge in [-0.15, -0.1) is 10.2 Å². The van der Waals surface area contributed by atoms with Crippen LogP contribution in [0.25, 0.3) is 21.1 Å². The smallest absolute Gasteiger partial charge is 0.151 e. The van der Waals surface area contributed by atoms with Gasteiger partial charge in [0.15, 0.2) is 10.0 Å². The van der Waals surface area contributed by atoms with Crippen molar-refractivity contribution in [2.75, 3.05) is 0 Å². The number of phenols is 2. The van der Waals surface area contributed by atoms with E-state index in [2.05, 4.69) is 10.2 Å². The number of hydrogen-bond acceptors (Lipinski definition) is 5.